The first-order chi connectivity index (χ1) is 18.8. The lowest BCUT2D eigenvalue weighted by atomic mass is 9.87. The third-order valence-electron chi connectivity index (χ3n) is 7.25. The van der Waals surface area contributed by atoms with Crippen LogP contribution in [0.4, 0.5) is 0 Å². The van der Waals surface area contributed by atoms with Gasteiger partial charge in [0.15, 0.2) is 0 Å². The SMILES string of the molecule is CC[C@H](CC(=O)N[C@@H](CC(C)(C)C)C(=O)NC(C[C@@H]1CCNC1=O)C(=O)C(=O)NC1CC1)c1ccc(Cl)cc1Cl. The molecule has 9 nitrogen and oxygen atoms in total. The summed E-state index contributed by atoms with van der Waals surface area (Å²) in [6.45, 7) is 8.25. The third-order valence-corrected chi connectivity index (χ3v) is 7.81. The van der Waals surface area contributed by atoms with E-state index < -0.39 is 35.6 Å². The maximum absolute atomic E-state index is 13.6. The van der Waals surface area contributed by atoms with E-state index in [1.54, 1.807) is 18.2 Å². The van der Waals surface area contributed by atoms with Crippen molar-refractivity contribution in [2.24, 2.45) is 11.3 Å². The van der Waals surface area contributed by atoms with Gasteiger partial charge in [0.2, 0.25) is 23.5 Å². The van der Waals surface area contributed by atoms with Crippen molar-refractivity contribution in [1.82, 2.24) is 21.3 Å². The van der Waals surface area contributed by atoms with E-state index >= 15 is 0 Å². The average Bonchev–Trinajstić information content (AvgIpc) is 3.59. The van der Waals surface area contributed by atoms with E-state index in [1.807, 2.05) is 27.7 Å². The van der Waals surface area contributed by atoms with Crippen molar-refractivity contribution in [3.8, 4) is 0 Å². The smallest absolute Gasteiger partial charge is 0.289 e. The van der Waals surface area contributed by atoms with Gasteiger partial charge in [0.25, 0.3) is 5.91 Å². The Morgan fingerprint density at radius 2 is 1.75 bits per heavy atom. The van der Waals surface area contributed by atoms with Crippen LogP contribution in [-0.4, -0.2) is 54.1 Å². The molecular weight excluding hydrogens is 555 g/mol. The minimum atomic E-state index is -1.18. The third kappa shape index (κ3) is 9.47. The van der Waals surface area contributed by atoms with Gasteiger partial charge in [-0.1, -0.05) is 57.0 Å². The molecule has 220 valence electrons. The number of nitrogens with one attached hydrogen (secondary N) is 4. The van der Waals surface area contributed by atoms with E-state index in [4.69, 9.17) is 23.2 Å². The molecule has 4 N–H and O–H groups in total. The zero-order valence-electron chi connectivity index (χ0n) is 23.6. The number of hydrogen-bond donors (Lipinski definition) is 4. The Hall–Kier alpha value is -2.65. The molecule has 1 saturated heterocycles. The molecule has 2 fully saturated rings. The van der Waals surface area contributed by atoms with E-state index in [0.717, 1.165) is 18.4 Å². The lowest BCUT2D eigenvalue weighted by Crippen LogP contribution is -2.55. The second-order valence-corrected chi connectivity index (χ2v) is 12.9. The van der Waals surface area contributed by atoms with Crippen LogP contribution in [-0.2, 0) is 24.0 Å². The maximum Gasteiger partial charge on any atom is 0.289 e. The molecule has 1 aliphatic heterocycles. The fourth-order valence-corrected chi connectivity index (χ4v) is 5.47. The van der Waals surface area contributed by atoms with E-state index in [1.165, 1.54) is 0 Å². The number of hydrogen-bond acceptors (Lipinski definition) is 5. The molecule has 3 rings (SSSR count). The summed E-state index contributed by atoms with van der Waals surface area (Å²) >= 11 is 12.4. The molecule has 1 aliphatic carbocycles. The van der Waals surface area contributed by atoms with Crippen LogP contribution in [0, 0.1) is 11.3 Å². The number of benzene rings is 1. The standard InChI is InChI=1S/C29H40Cl2N4O5/c1-5-16(20-9-6-18(30)14-21(20)31)13-24(36)34-23(15-29(2,3)4)27(39)35-22(12-17-10-11-32-26(17)38)25(37)28(40)33-19-7-8-19/h6,9,14,16-17,19,22-23H,5,7-8,10-13,15H2,1-4H3,(H,32,38)(H,33,40)(H,34,36)(H,35,39)/t16-,17+,22?,23+/m1/s1. The maximum atomic E-state index is 13.6. The van der Waals surface area contributed by atoms with E-state index in [9.17, 15) is 24.0 Å². The summed E-state index contributed by atoms with van der Waals surface area (Å²) in [4.78, 5) is 64.7. The molecule has 4 amide bonds. The summed E-state index contributed by atoms with van der Waals surface area (Å²) in [5, 5.41) is 11.9. The predicted octanol–water partition coefficient (Wildman–Crippen LogP) is 3.66. The highest BCUT2D eigenvalue weighted by molar-refractivity contribution is 6.38. The monoisotopic (exact) mass is 594 g/mol. The van der Waals surface area contributed by atoms with Crippen LogP contribution < -0.4 is 21.3 Å². The zero-order chi connectivity index (χ0) is 29.6. The quantitative estimate of drug-likeness (QED) is 0.259. The van der Waals surface area contributed by atoms with Crippen LogP contribution in [0.25, 0.3) is 0 Å². The molecule has 11 heteroatoms. The topological polar surface area (TPSA) is 133 Å². The fourth-order valence-electron chi connectivity index (χ4n) is 4.91. The van der Waals surface area contributed by atoms with E-state index in [-0.39, 0.29) is 42.0 Å². The fraction of sp³-hybridized carbons (Fsp3) is 0.621. The van der Waals surface area contributed by atoms with Crippen LogP contribution in [0.5, 0.6) is 0 Å². The molecule has 0 spiro atoms. The molecule has 40 heavy (non-hydrogen) atoms. The summed E-state index contributed by atoms with van der Waals surface area (Å²) in [5.41, 5.74) is 0.454. The Morgan fingerprint density at radius 3 is 2.30 bits per heavy atom. The first-order valence-corrected chi connectivity index (χ1v) is 14.7. The molecule has 0 bridgehead atoms. The predicted molar refractivity (Wildman–Crippen MR) is 154 cm³/mol. The number of Topliss-reactive ketones (excluding diaryl/α,β-unsaturated/α-hetero) is 1. The summed E-state index contributed by atoms with van der Waals surface area (Å²) in [7, 11) is 0. The van der Waals surface area contributed by atoms with Crippen molar-refractivity contribution in [3.63, 3.8) is 0 Å². The van der Waals surface area contributed by atoms with Gasteiger partial charge < -0.3 is 21.3 Å². The number of halogens is 2. The summed E-state index contributed by atoms with van der Waals surface area (Å²) in [6, 6.07) is 2.99. The van der Waals surface area contributed by atoms with Crippen LogP contribution in [0.15, 0.2) is 18.2 Å². The summed E-state index contributed by atoms with van der Waals surface area (Å²) in [6.07, 6.45) is 3.17. The zero-order valence-corrected chi connectivity index (χ0v) is 25.1. The Kier molecular flexibility index (Phi) is 11.0. The lowest BCUT2D eigenvalue weighted by Gasteiger charge is -2.29. The van der Waals surface area contributed by atoms with Gasteiger partial charge >= 0.3 is 0 Å². The van der Waals surface area contributed by atoms with E-state index in [2.05, 4.69) is 21.3 Å². The molecule has 1 aromatic carbocycles. The first-order valence-electron chi connectivity index (χ1n) is 13.9. The number of carbonyl (C=O) groups is 5. The minimum Gasteiger partial charge on any atom is -0.356 e. The highest BCUT2D eigenvalue weighted by atomic mass is 35.5. The van der Waals surface area contributed by atoms with Gasteiger partial charge in [0.1, 0.15) is 6.04 Å². The average molecular weight is 596 g/mol. The normalized spacial score (nSPS) is 19.2. The largest absolute Gasteiger partial charge is 0.356 e. The van der Waals surface area contributed by atoms with Gasteiger partial charge in [0, 0.05) is 35.0 Å². The number of carbonyl (C=O) groups excluding carboxylic acids is 5. The second kappa shape index (κ2) is 13.8. The molecule has 1 saturated carbocycles. The van der Waals surface area contributed by atoms with Crippen LogP contribution >= 0.6 is 23.2 Å². The first kappa shape index (κ1) is 31.9. The van der Waals surface area contributed by atoms with Crippen molar-refractivity contribution in [2.45, 2.75) is 96.7 Å². The highest BCUT2D eigenvalue weighted by Crippen LogP contribution is 2.32. The second-order valence-electron chi connectivity index (χ2n) is 12.0. The molecule has 1 unspecified atom stereocenters. The Bertz CT molecular complexity index is 1130. The highest BCUT2D eigenvalue weighted by Gasteiger charge is 2.37. The van der Waals surface area contributed by atoms with Crippen molar-refractivity contribution >= 4 is 52.6 Å². The molecule has 2 aliphatic rings. The van der Waals surface area contributed by atoms with Crippen molar-refractivity contribution in [1.29, 1.82) is 0 Å². The lowest BCUT2D eigenvalue weighted by molar-refractivity contribution is -0.141. The van der Waals surface area contributed by atoms with Crippen molar-refractivity contribution < 1.29 is 24.0 Å². The van der Waals surface area contributed by atoms with Crippen LogP contribution in [0.1, 0.15) is 84.1 Å². The van der Waals surface area contributed by atoms with E-state index in [0.29, 0.717) is 35.9 Å². The number of amides is 4. The van der Waals surface area contributed by atoms with Crippen molar-refractivity contribution in [2.75, 3.05) is 6.54 Å². The Labute approximate surface area is 245 Å². The van der Waals surface area contributed by atoms with Gasteiger partial charge in [-0.05, 0) is 67.6 Å². The van der Waals surface area contributed by atoms with Gasteiger partial charge in [-0.2, -0.15) is 0 Å². The number of rotatable bonds is 13. The molecule has 0 aromatic heterocycles. The van der Waals surface area contributed by atoms with Gasteiger partial charge in [0.05, 0.1) is 6.04 Å². The summed E-state index contributed by atoms with van der Waals surface area (Å²) in [5.74, 6) is -3.36. The molecule has 0 radical (unpaired) electrons. The molecule has 1 aromatic rings. The van der Waals surface area contributed by atoms with Gasteiger partial charge in [-0.25, -0.2) is 0 Å². The summed E-state index contributed by atoms with van der Waals surface area (Å²) < 4.78 is 0. The molecule has 4 atom stereocenters. The Morgan fingerprint density at radius 1 is 1.05 bits per heavy atom. The van der Waals surface area contributed by atoms with Gasteiger partial charge in [-0.3, -0.25) is 24.0 Å². The van der Waals surface area contributed by atoms with Crippen LogP contribution in [0.3, 0.4) is 0 Å². The van der Waals surface area contributed by atoms with Crippen molar-refractivity contribution in [3.05, 3.63) is 33.8 Å². The molecular formula is C29H40Cl2N4O5. The minimum absolute atomic E-state index is 0.0116. The van der Waals surface area contributed by atoms with Crippen LogP contribution in [0.2, 0.25) is 10.0 Å². The molecule has 1 heterocycles. The van der Waals surface area contributed by atoms with Gasteiger partial charge in [-0.15, -0.1) is 0 Å². The number of ketones is 1. The Balaban J connectivity index is 1.75.